The monoisotopic (exact) mass is 298 g/mol. The highest BCUT2D eigenvalue weighted by molar-refractivity contribution is 9.10. The molecule has 0 radical (unpaired) electrons. The lowest BCUT2D eigenvalue weighted by Crippen LogP contribution is -2.29. The summed E-state index contributed by atoms with van der Waals surface area (Å²) in [6, 6.07) is 1.66. The lowest BCUT2D eigenvalue weighted by atomic mass is 10.0. The van der Waals surface area contributed by atoms with Gasteiger partial charge in [0.05, 0.1) is 16.4 Å². The number of aromatic nitrogens is 2. The summed E-state index contributed by atoms with van der Waals surface area (Å²) < 4.78 is 8.14. The number of nitrogens with zero attached hydrogens (tertiary/aromatic N) is 2. The molecule has 2 rings (SSSR count). The third-order valence-corrected chi connectivity index (χ3v) is 3.31. The van der Waals surface area contributed by atoms with Crippen molar-refractivity contribution >= 4 is 15.9 Å². The van der Waals surface area contributed by atoms with Gasteiger partial charge in [-0.05, 0) is 28.4 Å². The minimum absolute atomic E-state index is 0.192. The second-order valence-corrected chi connectivity index (χ2v) is 4.65. The molecule has 2 aromatic heterocycles. The standard InChI is InChI=1S/C11H15BrN4O/c1-3-9-7(6-16(2)15-9)10(14-13)11-8(12)4-5-17-11/h4-6,10,14H,3,13H2,1-2H3. The maximum atomic E-state index is 5.63. The summed E-state index contributed by atoms with van der Waals surface area (Å²) in [6.45, 7) is 2.07. The number of furan rings is 1. The highest BCUT2D eigenvalue weighted by Gasteiger charge is 2.23. The molecule has 0 aliphatic heterocycles. The number of rotatable bonds is 4. The van der Waals surface area contributed by atoms with Crippen LogP contribution in [-0.4, -0.2) is 9.78 Å². The van der Waals surface area contributed by atoms with Gasteiger partial charge in [0.25, 0.3) is 0 Å². The molecular formula is C11H15BrN4O. The molecular weight excluding hydrogens is 284 g/mol. The Balaban J connectivity index is 2.45. The van der Waals surface area contributed by atoms with Crippen molar-refractivity contribution in [2.75, 3.05) is 0 Å². The summed E-state index contributed by atoms with van der Waals surface area (Å²) in [6.07, 6.45) is 4.44. The minimum Gasteiger partial charge on any atom is -0.466 e. The Labute approximate surface area is 108 Å². The lowest BCUT2D eigenvalue weighted by molar-refractivity contribution is 0.448. The lowest BCUT2D eigenvalue weighted by Gasteiger charge is -2.13. The molecule has 5 nitrogen and oxygen atoms in total. The van der Waals surface area contributed by atoms with Gasteiger partial charge in [-0.1, -0.05) is 6.92 Å². The zero-order valence-corrected chi connectivity index (χ0v) is 11.4. The van der Waals surface area contributed by atoms with Crippen LogP contribution in [0.1, 0.15) is 30.0 Å². The fourth-order valence-corrected chi connectivity index (χ4v) is 2.32. The van der Waals surface area contributed by atoms with Gasteiger partial charge in [0.1, 0.15) is 11.8 Å². The largest absolute Gasteiger partial charge is 0.466 e. The fourth-order valence-electron chi connectivity index (χ4n) is 1.89. The zero-order valence-electron chi connectivity index (χ0n) is 9.77. The summed E-state index contributed by atoms with van der Waals surface area (Å²) in [5, 5.41) is 4.40. The quantitative estimate of drug-likeness (QED) is 0.668. The molecule has 0 aliphatic carbocycles. The highest BCUT2D eigenvalue weighted by Crippen LogP contribution is 2.30. The van der Waals surface area contributed by atoms with Crippen molar-refractivity contribution in [3.8, 4) is 0 Å². The van der Waals surface area contributed by atoms with Crippen molar-refractivity contribution in [2.45, 2.75) is 19.4 Å². The molecule has 0 bridgehead atoms. The molecule has 0 saturated heterocycles. The van der Waals surface area contributed by atoms with Gasteiger partial charge < -0.3 is 4.42 Å². The minimum atomic E-state index is -0.192. The van der Waals surface area contributed by atoms with Crippen LogP contribution in [0.5, 0.6) is 0 Å². The first-order chi connectivity index (χ1) is 8.17. The molecule has 17 heavy (non-hydrogen) atoms. The van der Waals surface area contributed by atoms with E-state index in [0.717, 1.165) is 27.9 Å². The summed E-state index contributed by atoms with van der Waals surface area (Å²) in [5.41, 5.74) is 4.82. The summed E-state index contributed by atoms with van der Waals surface area (Å²) in [4.78, 5) is 0. The average Bonchev–Trinajstić information content (AvgIpc) is 2.88. The van der Waals surface area contributed by atoms with E-state index in [4.69, 9.17) is 10.3 Å². The third kappa shape index (κ3) is 2.29. The van der Waals surface area contributed by atoms with E-state index in [-0.39, 0.29) is 6.04 Å². The van der Waals surface area contributed by atoms with Gasteiger partial charge in [-0.15, -0.1) is 0 Å². The number of nitrogens with two attached hydrogens (primary N) is 1. The Morgan fingerprint density at radius 2 is 2.41 bits per heavy atom. The molecule has 92 valence electrons. The maximum Gasteiger partial charge on any atom is 0.140 e. The van der Waals surface area contributed by atoms with E-state index < -0.39 is 0 Å². The van der Waals surface area contributed by atoms with E-state index in [9.17, 15) is 0 Å². The number of aryl methyl sites for hydroxylation is 2. The number of nitrogens with one attached hydrogen (secondary N) is 1. The number of hydrazine groups is 1. The van der Waals surface area contributed by atoms with E-state index >= 15 is 0 Å². The molecule has 2 heterocycles. The molecule has 0 spiro atoms. The Morgan fingerprint density at radius 3 is 2.94 bits per heavy atom. The van der Waals surface area contributed by atoms with Crippen LogP contribution in [0.4, 0.5) is 0 Å². The Morgan fingerprint density at radius 1 is 1.65 bits per heavy atom. The molecule has 6 heteroatoms. The van der Waals surface area contributed by atoms with E-state index in [2.05, 4.69) is 33.4 Å². The van der Waals surface area contributed by atoms with Crippen molar-refractivity contribution in [3.05, 3.63) is 40.0 Å². The van der Waals surface area contributed by atoms with E-state index in [1.54, 1.807) is 10.9 Å². The van der Waals surface area contributed by atoms with Gasteiger partial charge in [-0.2, -0.15) is 5.10 Å². The van der Waals surface area contributed by atoms with Crippen LogP contribution < -0.4 is 11.3 Å². The van der Waals surface area contributed by atoms with Crippen LogP contribution in [0, 0.1) is 0 Å². The normalized spacial score (nSPS) is 12.9. The molecule has 0 aliphatic rings. The zero-order chi connectivity index (χ0) is 12.4. The number of hydrogen-bond acceptors (Lipinski definition) is 4. The van der Waals surface area contributed by atoms with Gasteiger partial charge in [0.2, 0.25) is 0 Å². The Bertz CT molecular complexity index is 505. The number of halogens is 1. The topological polar surface area (TPSA) is 69.0 Å². The third-order valence-electron chi connectivity index (χ3n) is 2.66. The van der Waals surface area contributed by atoms with Gasteiger partial charge in [-0.25, -0.2) is 5.43 Å². The average molecular weight is 299 g/mol. The molecule has 2 aromatic rings. The van der Waals surface area contributed by atoms with E-state index in [1.165, 1.54) is 0 Å². The second-order valence-electron chi connectivity index (χ2n) is 3.79. The predicted molar refractivity (Wildman–Crippen MR) is 68.2 cm³/mol. The molecule has 0 amide bonds. The van der Waals surface area contributed by atoms with Gasteiger partial charge in [0, 0.05) is 18.8 Å². The van der Waals surface area contributed by atoms with Crippen molar-refractivity contribution in [3.63, 3.8) is 0 Å². The van der Waals surface area contributed by atoms with Crippen LogP contribution in [0.25, 0.3) is 0 Å². The molecule has 0 saturated carbocycles. The molecule has 1 unspecified atom stereocenters. The van der Waals surface area contributed by atoms with Crippen LogP contribution in [-0.2, 0) is 13.5 Å². The summed E-state index contributed by atoms with van der Waals surface area (Å²) in [5.74, 6) is 6.39. The van der Waals surface area contributed by atoms with Gasteiger partial charge >= 0.3 is 0 Å². The Kier molecular flexibility index (Phi) is 3.66. The smallest absolute Gasteiger partial charge is 0.140 e. The van der Waals surface area contributed by atoms with Crippen LogP contribution in [0.2, 0.25) is 0 Å². The summed E-state index contributed by atoms with van der Waals surface area (Å²) >= 11 is 3.44. The van der Waals surface area contributed by atoms with Crippen molar-refractivity contribution < 1.29 is 4.42 Å². The van der Waals surface area contributed by atoms with E-state index in [0.29, 0.717) is 0 Å². The first-order valence-electron chi connectivity index (χ1n) is 5.38. The van der Waals surface area contributed by atoms with Crippen LogP contribution in [0.3, 0.4) is 0 Å². The molecule has 0 aromatic carbocycles. The first kappa shape index (κ1) is 12.3. The van der Waals surface area contributed by atoms with Gasteiger partial charge in [-0.3, -0.25) is 10.5 Å². The molecule has 3 N–H and O–H groups in total. The first-order valence-corrected chi connectivity index (χ1v) is 6.18. The van der Waals surface area contributed by atoms with Crippen molar-refractivity contribution in [1.82, 2.24) is 15.2 Å². The summed E-state index contributed by atoms with van der Waals surface area (Å²) in [7, 11) is 1.90. The second kappa shape index (κ2) is 5.03. The highest BCUT2D eigenvalue weighted by atomic mass is 79.9. The van der Waals surface area contributed by atoms with Crippen LogP contribution in [0.15, 0.2) is 27.4 Å². The van der Waals surface area contributed by atoms with Crippen LogP contribution >= 0.6 is 15.9 Å². The predicted octanol–water partition coefficient (Wildman–Crippen LogP) is 1.89. The number of hydrogen-bond donors (Lipinski definition) is 2. The van der Waals surface area contributed by atoms with E-state index in [1.807, 2.05) is 19.3 Å². The SMILES string of the molecule is CCc1nn(C)cc1C(NN)c1occc1Br. The molecule has 0 fully saturated rings. The van der Waals surface area contributed by atoms with Crippen molar-refractivity contribution in [2.24, 2.45) is 12.9 Å². The Hall–Kier alpha value is -1.11. The maximum absolute atomic E-state index is 5.63. The fraction of sp³-hybridized carbons (Fsp3) is 0.364. The molecule has 1 atom stereocenters. The van der Waals surface area contributed by atoms with Crippen molar-refractivity contribution in [1.29, 1.82) is 0 Å². The van der Waals surface area contributed by atoms with Gasteiger partial charge in [0.15, 0.2) is 0 Å².